The number of nitrogens with two attached hydrogens (primary N) is 1. The van der Waals surface area contributed by atoms with Crippen LogP contribution in [0.3, 0.4) is 0 Å². The summed E-state index contributed by atoms with van der Waals surface area (Å²) in [6, 6.07) is 5.82. The average Bonchev–Trinajstić information content (AvgIpc) is 2.83. The van der Waals surface area contributed by atoms with Crippen LogP contribution in [0.5, 0.6) is 11.5 Å². The predicted molar refractivity (Wildman–Crippen MR) is 74.6 cm³/mol. The monoisotopic (exact) mass is 265 g/mol. The zero-order valence-corrected chi connectivity index (χ0v) is 11.7. The summed E-state index contributed by atoms with van der Waals surface area (Å²) in [7, 11) is 0. The molecule has 1 aromatic rings. The molecule has 1 saturated heterocycles. The van der Waals surface area contributed by atoms with Crippen LogP contribution in [-0.2, 0) is 11.3 Å². The third-order valence-corrected chi connectivity index (χ3v) is 3.31. The summed E-state index contributed by atoms with van der Waals surface area (Å²) >= 11 is 0. The molecule has 1 aliphatic heterocycles. The van der Waals surface area contributed by atoms with E-state index in [4.69, 9.17) is 19.9 Å². The largest absolute Gasteiger partial charge is 0.490 e. The quantitative estimate of drug-likeness (QED) is 0.858. The van der Waals surface area contributed by atoms with E-state index in [1.165, 1.54) is 0 Å². The van der Waals surface area contributed by atoms with Crippen molar-refractivity contribution in [2.24, 2.45) is 5.73 Å². The zero-order chi connectivity index (χ0) is 13.7. The second kappa shape index (κ2) is 6.78. The predicted octanol–water partition coefficient (Wildman–Crippen LogP) is 2.49. The molecule has 0 spiro atoms. The van der Waals surface area contributed by atoms with E-state index in [1.54, 1.807) is 0 Å². The van der Waals surface area contributed by atoms with Crippen molar-refractivity contribution in [3.8, 4) is 11.5 Å². The normalized spacial score (nSPS) is 22.5. The molecule has 2 atom stereocenters. The third-order valence-electron chi connectivity index (χ3n) is 3.31. The lowest BCUT2D eigenvalue weighted by atomic mass is 10.2. The van der Waals surface area contributed by atoms with Crippen molar-refractivity contribution in [1.29, 1.82) is 0 Å². The van der Waals surface area contributed by atoms with Gasteiger partial charge in [0.1, 0.15) is 6.61 Å². The average molecular weight is 265 g/mol. The van der Waals surface area contributed by atoms with E-state index in [1.807, 2.05) is 25.1 Å². The second-order valence-corrected chi connectivity index (χ2v) is 4.84. The molecule has 0 bridgehead atoms. The van der Waals surface area contributed by atoms with Gasteiger partial charge in [-0.2, -0.15) is 0 Å². The molecular weight excluding hydrogens is 242 g/mol. The summed E-state index contributed by atoms with van der Waals surface area (Å²) < 4.78 is 17.3. The van der Waals surface area contributed by atoms with Crippen LogP contribution in [-0.4, -0.2) is 25.4 Å². The van der Waals surface area contributed by atoms with Gasteiger partial charge in [-0.15, -0.1) is 0 Å². The van der Waals surface area contributed by atoms with Crippen molar-refractivity contribution in [2.75, 3.05) is 13.2 Å². The van der Waals surface area contributed by atoms with Crippen LogP contribution in [0.1, 0.15) is 32.3 Å². The first-order valence-corrected chi connectivity index (χ1v) is 6.97. The molecule has 0 saturated carbocycles. The molecule has 1 heterocycles. The summed E-state index contributed by atoms with van der Waals surface area (Å²) in [5.41, 5.74) is 6.72. The Morgan fingerprint density at radius 3 is 2.79 bits per heavy atom. The highest BCUT2D eigenvalue weighted by molar-refractivity contribution is 5.46. The van der Waals surface area contributed by atoms with Crippen LogP contribution in [0, 0.1) is 0 Å². The van der Waals surface area contributed by atoms with Crippen molar-refractivity contribution >= 4 is 0 Å². The molecule has 4 nitrogen and oxygen atoms in total. The van der Waals surface area contributed by atoms with Crippen LogP contribution in [0.4, 0.5) is 0 Å². The third kappa shape index (κ3) is 3.61. The number of benzene rings is 1. The molecule has 0 aliphatic carbocycles. The van der Waals surface area contributed by atoms with Gasteiger partial charge in [-0.05, 0) is 32.8 Å². The maximum absolute atomic E-state index is 5.91. The van der Waals surface area contributed by atoms with Crippen LogP contribution in [0.25, 0.3) is 0 Å². The maximum atomic E-state index is 5.91. The van der Waals surface area contributed by atoms with Gasteiger partial charge < -0.3 is 19.9 Å². The Bertz CT molecular complexity index is 408. The maximum Gasteiger partial charge on any atom is 0.165 e. The molecule has 2 rings (SSSR count). The lowest BCUT2D eigenvalue weighted by Gasteiger charge is -2.17. The molecule has 0 amide bonds. The zero-order valence-electron chi connectivity index (χ0n) is 11.7. The van der Waals surface area contributed by atoms with Crippen LogP contribution in [0.15, 0.2) is 18.2 Å². The summed E-state index contributed by atoms with van der Waals surface area (Å²) in [6.07, 6.45) is 2.67. The number of hydrogen-bond acceptors (Lipinski definition) is 4. The summed E-state index contributed by atoms with van der Waals surface area (Å²) in [4.78, 5) is 0. The van der Waals surface area contributed by atoms with Gasteiger partial charge in [0.05, 0.1) is 18.8 Å². The fourth-order valence-corrected chi connectivity index (χ4v) is 2.34. The lowest BCUT2D eigenvalue weighted by molar-refractivity contribution is 0.0256. The fourth-order valence-electron chi connectivity index (χ4n) is 2.34. The van der Waals surface area contributed by atoms with Crippen molar-refractivity contribution in [3.05, 3.63) is 23.8 Å². The summed E-state index contributed by atoms with van der Waals surface area (Å²) in [6.45, 7) is 5.67. The minimum atomic E-state index is 0.176. The van der Waals surface area contributed by atoms with Gasteiger partial charge in [0.25, 0.3) is 0 Å². The molecule has 0 aromatic heterocycles. The molecule has 19 heavy (non-hydrogen) atoms. The van der Waals surface area contributed by atoms with Gasteiger partial charge in [0.2, 0.25) is 0 Å². The first-order valence-electron chi connectivity index (χ1n) is 6.97. The van der Waals surface area contributed by atoms with Crippen molar-refractivity contribution in [2.45, 2.75) is 45.4 Å². The molecule has 106 valence electrons. The number of rotatable bonds is 6. The Balaban J connectivity index is 2.04. The van der Waals surface area contributed by atoms with Crippen LogP contribution in [0.2, 0.25) is 0 Å². The highest BCUT2D eigenvalue weighted by atomic mass is 16.6. The van der Waals surface area contributed by atoms with E-state index in [2.05, 4.69) is 6.92 Å². The highest BCUT2D eigenvalue weighted by Gasteiger charge is 2.23. The fraction of sp³-hybridized carbons (Fsp3) is 0.600. The topological polar surface area (TPSA) is 53.7 Å². The Labute approximate surface area is 114 Å². The molecule has 2 N–H and O–H groups in total. The van der Waals surface area contributed by atoms with Gasteiger partial charge in [0, 0.05) is 12.1 Å². The number of para-hydroxylation sites is 1. The van der Waals surface area contributed by atoms with Crippen LogP contribution < -0.4 is 15.2 Å². The molecule has 0 radical (unpaired) electrons. The highest BCUT2D eigenvalue weighted by Crippen LogP contribution is 2.32. The van der Waals surface area contributed by atoms with Crippen molar-refractivity contribution in [1.82, 2.24) is 0 Å². The van der Waals surface area contributed by atoms with Gasteiger partial charge in [-0.1, -0.05) is 12.1 Å². The molecule has 1 fully saturated rings. The van der Waals surface area contributed by atoms with Gasteiger partial charge in [-0.25, -0.2) is 0 Å². The van der Waals surface area contributed by atoms with Crippen molar-refractivity contribution in [3.63, 3.8) is 0 Å². The van der Waals surface area contributed by atoms with E-state index >= 15 is 0 Å². The minimum absolute atomic E-state index is 0.176. The van der Waals surface area contributed by atoms with E-state index in [-0.39, 0.29) is 6.10 Å². The Morgan fingerprint density at radius 2 is 2.16 bits per heavy atom. The van der Waals surface area contributed by atoms with E-state index < -0.39 is 0 Å². The van der Waals surface area contributed by atoms with E-state index in [0.29, 0.717) is 25.9 Å². The molecule has 4 heteroatoms. The first-order chi connectivity index (χ1) is 9.24. The van der Waals surface area contributed by atoms with Crippen molar-refractivity contribution < 1.29 is 14.2 Å². The first kappa shape index (κ1) is 14.2. The van der Waals surface area contributed by atoms with Gasteiger partial charge >= 0.3 is 0 Å². The number of ether oxygens (including phenoxy) is 3. The Morgan fingerprint density at radius 1 is 1.32 bits per heavy atom. The van der Waals surface area contributed by atoms with Gasteiger partial charge in [0.15, 0.2) is 11.5 Å². The molecular formula is C15H23NO3. The smallest absolute Gasteiger partial charge is 0.165 e. The second-order valence-electron chi connectivity index (χ2n) is 4.84. The summed E-state index contributed by atoms with van der Waals surface area (Å²) in [5.74, 6) is 1.52. The Kier molecular flexibility index (Phi) is 5.05. The molecule has 1 aromatic carbocycles. The van der Waals surface area contributed by atoms with E-state index in [9.17, 15) is 0 Å². The molecule has 1 aliphatic rings. The minimum Gasteiger partial charge on any atom is -0.490 e. The lowest BCUT2D eigenvalue weighted by Crippen LogP contribution is -2.19. The Hall–Kier alpha value is -1.26. The molecule has 2 unspecified atom stereocenters. The van der Waals surface area contributed by atoms with Crippen LogP contribution >= 0.6 is 0 Å². The summed E-state index contributed by atoms with van der Waals surface area (Å²) in [5, 5.41) is 0. The standard InChI is InChI=1S/C15H23NO3/c1-3-17-14-6-4-5-12(9-16)15(14)18-10-13-8-7-11(2)19-13/h4-6,11,13H,3,7-10,16H2,1-2H3. The van der Waals surface area contributed by atoms with E-state index in [0.717, 1.165) is 29.9 Å². The van der Waals surface area contributed by atoms with Gasteiger partial charge in [-0.3, -0.25) is 0 Å². The number of hydrogen-bond donors (Lipinski definition) is 1. The SMILES string of the molecule is CCOc1cccc(CN)c1OCC1CCC(C)O1.